The van der Waals surface area contributed by atoms with Crippen molar-refractivity contribution in [2.24, 2.45) is 0 Å². The molecule has 0 aromatic heterocycles. The zero-order valence-electron chi connectivity index (χ0n) is 15.6. The number of rotatable bonds is 9. The summed E-state index contributed by atoms with van der Waals surface area (Å²) < 4.78 is 35.7. The molecule has 2 aromatic rings. The second-order valence-electron chi connectivity index (χ2n) is 5.94. The van der Waals surface area contributed by atoms with Crippen molar-refractivity contribution in [3.8, 4) is 11.5 Å². The lowest BCUT2D eigenvalue weighted by Gasteiger charge is -2.20. The molecule has 0 unspecified atom stereocenters. The molecule has 0 aliphatic rings. The topological polar surface area (TPSA) is 84.9 Å². The Kier molecular flexibility index (Phi) is 7.20. The minimum atomic E-state index is -3.40. The van der Waals surface area contributed by atoms with E-state index < -0.39 is 10.0 Å². The normalized spacial score (nSPS) is 11.3. The van der Waals surface area contributed by atoms with Gasteiger partial charge in [0.05, 0.1) is 20.5 Å². The number of hydrogen-bond acceptors (Lipinski definition) is 5. The van der Waals surface area contributed by atoms with Gasteiger partial charge in [0.15, 0.2) is 0 Å². The van der Waals surface area contributed by atoms with Gasteiger partial charge in [0.1, 0.15) is 11.5 Å². The first-order chi connectivity index (χ1) is 12.8. The van der Waals surface area contributed by atoms with Crippen LogP contribution in [0.3, 0.4) is 0 Å². The van der Waals surface area contributed by atoms with Gasteiger partial charge < -0.3 is 14.8 Å². The van der Waals surface area contributed by atoms with Gasteiger partial charge in [0.25, 0.3) is 5.91 Å². The molecule has 2 rings (SSSR count). The number of ether oxygens (including phenoxy) is 2. The molecule has 0 aliphatic carbocycles. The van der Waals surface area contributed by atoms with Crippen LogP contribution in [0.25, 0.3) is 0 Å². The molecule has 8 heteroatoms. The first-order valence-corrected chi connectivity index (χ1v) is 10.2. The van der Waals surface area contributed by atoms with Crippen LogP contribution in [0.15, 0.2) is 48.5 Å². The lowest BCUT2D eigenvalue weighted by Crippen LogP contribution is -2.37. The van der Waals surface area contributed by atoms with Crippen molar-refractivity contribution in [1.82, 2.24) is 9.62 Å². The number of carbonyl (C=O) groups is 1. The predicted molar refractivity (Wildman–Crippen MR) is 104 cm³/mol. The van der Waals surface area contributed by atoms with E-state index in [-0.39, 0.29) is 25.5 Å². The third-order valence-corrected chi connectivity index (χ3v) is 5.18. The molecule has 0 heterocycles. The van der Waals surface area contributed by atoms with E-state index in [2.05, 4.69) is 5.32 Å². The maximum atomic E-state index is 12.4. The molecule has 0 atom stereocenters. The van der Waals surface area contributed by atoms with Gasteiger partial charge in [0, 0.05) is 31.3 Å². The molecule has 7 nitrogen and oxygen atoms in total. The lowest BCUT2D eigenvalue weighted by atomic mass is 10.2. The summed E-state index contributed by atoms with van der Waals surface area (Å²) in [6.45, 7) is 0.599. The molecule has 146 valence electrons. The summed E-state index contributed by atoms with van der Waals surface area (Å²) in [6.07, 6.45) is 1.16. The summed E-state index contributed by atoms with van der Waals surface area (Å²) in [5.74, 6) is 0.669. The highest BCUT2D eigenvalue weighted by Gasteiger charge is 2.17. The van der Waals surface area contributed by atoms with Crippen LogP contribution in [0.2, 0.25) is 0 Å². The van der Waals surface area contributed by atoms with Crippen molar-refractivity contribution in [1.29, 1.82) is 0 Å². The minimum absolute atomic E-state index is 0.167. The van der Waals surface area contributed by atoms with Gasteiger partial charge in [-0.1, -0.05) is 30.3 Å². The zero-order valence-corrected chi connectivity index (χ0v) is 16.5. The molecule has 0 aliphatic heterocycles. The van der Waals surface area contributed by atoms with E-state index in [0.29, 0.717) is 17.1 Å². The average Bonchev–Trinajstić information content (AvgIpc) is 2.66. The SMILES string of the molecule is COc1cc(OC)cc(C(=O)NCCN(Cc2ccccc2)S(C)(=O)=O)c1. The quantitative estimate of drug-likeness (QED) is 0.705. The first kappa shape index (κ1) is 20.7. The maximum absolute atomic E-state index is 12.4. The number of carbonyl (C=O) groups excluding carboxylic acids is 1. The summed E-state index contributed by atoms with van der Waals surface area (Å²) in [6, 6.07) is 14.2. The summed E-state index contributed by atoms with van der Waals surface area (Å²) >= 11 is 0. The van der Waals surface area contributed by atoms with E-state index in [0.717, 1.165) is 11.8 Å². The third-order valence-electron chi connectivity index (χ3n) is 3.93. The largest absolute Gasteiger partial charge is 0.497 e. The van der Waals surface area contributed by atoms with E-state index in [4.69, 9.17) is 9.47 Å². The van der Waals surface area contributed by atoms with E-state index in [9.17, 15) is 13.2 Å². The fourth-order valence-electron chi connectivity index (χ4n) is 2.48. The second kappa shape index (κ2) is 9.38. The molecule has 0 saturated carbocycles. The van der Waals surface area contributed by atoms with Crippen LogP contribution in [0.4, 0.5) is 0 Å². The van der Waals surface area contributed by atoms with Crippen LogP contribution in [-0.4, -0.2) is 52.2 Å². The van der Waals surface area contributed by atoms with E-state index in [1.165, 1.54) is 18.5 Å². The molecular weight excluding hydrogens is 368 g/mol. The smallest absolute Gasteiger partial charge is 0.251 e. The van der Waals surface area contributed by atoms with Crippen molar-refractivity contribution in [3.63, 3.8) is 0 Å². The fraction of sp³-hybridized carbons (Fsp3) is 0.316. The van der Waals surface area contributed by atoms with Crippen molar-refractivity contribution in [2.75, 3.05) is 33.6 Å². The number of amides is 1. The molecule has 0 bridgehead atoms. The van der Waals surface area contributed by atoms with Gasteiger partial charge in [-0.05, 0) is 17.7 Å². The standard InChI is InChI=1S/C19H24N2O5S/c1-25-17-11-16(12-18(13-17)26-2)19(22)20-9-10-21(27(3,23)24)14-15-7-5-4-6-8-15/h4-8,11-13H,9-10,14H2,1-3H3,(H,20,22). The Bertz CT molecular complexity index is 847. The summed E-state index contributed by atoms with van der Waals surface area (Å²) in [5, 5.41) is 2.73. The highest BCUT2D eigenvalue weighted by molar-refractivity contribution is 7.88. The molecule has 0 saturated heterocycles. The number of sulfonamides is 1. The Morgan fingerprint density at radius 3 is 2.15 bits per heavy atom. The monoisotopic (exact) mass is 392 g/mol. The minimum Gasteiger partial charge on any atom is -0.497 e. The zero-order chi connectivity index (χ0) is 19.9. The van der Waals surface area contributed by atoms with E-state index >= 15 is 0 Å². The van der Waals surface area contributed by atoms with Crippen LogP contribution in [0.5, 0.6) is 11.5 Å². The molecule has 27 heavy (non-hydrogen) atoms. The van der Waals surface area contributed by atoms with Crippen molar-refractivity contribution < 1.29 is 22.7 Å². The fourth-order valence-corrected chi connectivity index (χ4v) is 3.29. The van der Waals surface area contributed by atoms with Gasteiger partial charge in [0.2, 0.25) is 10.0 Å². The van der Waals surface area contributed by atoms with E-state index in [1.54, 1.807) is 18.2 Å². The number of nitrogens with zero attached hydrogens (tertiary/aromatic N) is 1. The van der Waals surface area contributed by atoms with Gasteiger partial charge in [-0.15, -0.1) is 0 Å². The Balaban J connectivity index is 2.01. The van der Waals surface area contributed by atoms with Gasteiger partial charge >= 0.3 is 0 Å². The Morgan fingerprint density at radius 2 is 1.63 bits per heavy atom. The highest BCUT2D eigenvalue weighted by atomic mass is 32.2. The van der Waals surface area contributed by atoms with Crippen LogP contribution in [-0.2, 0) is 16.6 Å². The van der Waals surface area contributed by atoms with Crippen LogP contribution >= 0.6 is 0 Å². The Labute approximate surface area is 160 Å². The highest BCUT2D eigenvalue weighted by Crippen LogP contribution is 2.22. The van der Waals surface area contributed by atoms with Gasteiger partial charge in [-0.2, -0.15) is 4.31 Å². The molecular formula is C19H24N2O5S. The van der Waals surface area contributed by atoms with Crippen molar-refractivity contribution in [3.05, 3.63) is 59.7 Å². The van der Waals surface area contributed by atoms with Gasteiger partial charge in [-0.25, -0.2) is 8.42 Å². The maximum Gasteiger partial charge on any atom is 0.251 e. The number of benzene rings is 2. The molecule has 2 aromatic carbocycles. The molecule has 0 radical (unpaired) electrons. The Morgan fingerprint density at radius 1 is 1.04 bits per heavy atom. The Hall–Kier alpha value is -2.58. The van der Waals surface area contributed by atoms with Crippen molar-refractivity contribution in [2.45, 2.75) is 6.54 Å². The number of hydrogen-bond donors (Lipinski definition) is 1. The number of nitrogens with one attached hydrogen (secondary N) is 1. The summed E-state index contributed by atoms with van der Waals surface area (Å²) in [4.78, 5) is 12.4. The first-order valence-electron chi connectivity index (χ1n) is 8.34. The van der Waals surface area contributed by atoms with E-state index in [1.807, 2.05) is 30.3 Å². The molecule has 0 fully saturated rings. The van der Waals surface area contributed by atoms with Crippen LogP contribution < -0.4 is 14.8 Å². The summed E-state index contributed by atoms with van der Waals surface area (Å²) in [5.41, 5.74) is 1.26. The average molecular weight is 392 g/mol. The summed E-state index contributed by atoms with van der Waals surface area (Å²) in [7, 11) is -0.397. The lowest BCUT2D eigenvalue weighted by molar-refractivity contribution is 0.0950. The molecule has 1 N–H and O–H groups in total. The molecule has 1 amide bonds. The molecule has 0 spiro atoms. The van der Waals surface area contributed by atoms with Crippen molar-refractivity contribution >= 4 is 15.9 Å². The predicted octanol–water partition coefficient (Wildman–Crippen LogP) is 1.90. The van der Waals surface area contributed by atoms with Gasteiger partial charge in [-0.3, -0.25) is 4.79 Å². The second-order valence-corrected chi connectivity index (χ2v) is 7.92. The third kappa shape index (κ3) is 6.26. The van der Waals surface area contributed by atoms with Crippen LogP contribution in [0, 0.1) is 0 Å². The number of methoxy groups -OCH3 is 2. The van der Waals surface area contributed by atoms with Crippen LogP contribution in [0.1, 0.15) is 15.9 Å².